The molecule has 0 aliphatic carbocycles. The van der Waals surface area contributed by atoms with Crippen molar-refractivity contribution >= 4 is 9.84 Å². The first-order chi connectivity index (χ1) is 7.05. The lowest BCUT2D eigenvalue weighted by molar-refractivity contribution is 0.257. The molecule has 1 heterocycles. The molecule has 0 amide bonds. The molecule has 90 valence electrons. The van der Waals surface area contributed by atoms with Crippen molar-refractivity contribution in [3.05, 3.63) is 0 Å². The quantitative estimate of drug-likeness (QED) is 0.663. The van der Waals surface area contributed by atoms with E-state index in [0.29, 0.717) is 11.5 Å². The van der Waals surface area contributed by atoms with Gasteiger partial charge in [0, 0.05) is 6.04 Å². The normalized spacial score (nSPS) is 24.9. The number of unbranched alkanes of at least 4 members (excludes halogenated alkanes) is 1. The highest BCUT2D eigenvalue weighted by atomic mass is 32.2. The van der Waals surface area contributed by atoms with Crippen molar-refractivity contribution in [2.24, 2.45) is 0 Å². The van der Waals surface area contributed by atoms with Gasteiger partial charge in [0.1, 0.15) is 0 Å². The average Bonchev–Trinajstić information content (AvgIpc) is 2.53. The lowest BCUT2D eigenvalue weighted by atomic mass is 10.2. The van der Waals surface area contributed by atoms with E-state index in [1.54, 1.807) is 0 Å². The van der Waals surface area contributed by atoms with Crippen molar-refractivity contribution in [2.45, 2.75) is 25.3 Å². The van der Waals surface area contributed by atoms with Crippen LogP contribution >= 0.6 is 0 Å². The Morgan fingerprint density at radius 1 is 1.40 bits per heavy atom. The molecule has 0 saturated carbocycles. The van der Waals surface area contributed by atoms with Crippen LogP contribution in [0.25, 0.3) is 0 Å². The average molecular weight is 234 g/mol. The molecule has 0 aromatic carbocycles. The molecule has 0 aromatic rings. The van der Waals surface area contributed by atoms with Gasteiger partial charge in [-0.2, -0.15) is 0 Å². The third-order valence-corrected chi connectivity index (χ3v) is 4.77. The van der Waals surface area contributed by atoms with Gasteiger partial charge in [-0.05, 0) is 46.4 Å². The molecule has 1 unspecified atom stereocenters. The molecule has 0 spiro atoms. The largest absolute Gasteiger partial charge is 0.320 e. The van der Waals surface area contributed by atoms with Crippen molar-refractivity contribution in [2.75, 3.05) is 38.7 Å². The third kappa shape index (κ3) is 4.49. The summed E-state index contributed by atoms with van der Waals surface area (Å²) in [5.41, 5.74) is 0. The Balaban J connectivity index is 2.21. The summed E-state index contributed by atoms with van der Waals surface area (Å²) >= 11 is 0. The van der Waals surface area contributed by atoms with Crippen molar-refractivity contribution in [1.29, 1.82) is 0 Å². The number of sulfone groups is 1. The Kier molecular flexibility index (Phi) is 5.02. The first kappa shape index (κ1) is 12.9. The van der Waals surface area contributed by atoms with E-state index in [1.165, 1.54) is 0 Å². The predicted molar refractivity (Wildman–Crippen MR) is 62.8 cm³/mol. The van der Waals surface area contributed by atoms with Crippen LogP contribution in [-0.4, -0.2) is 58.1 Å². The fraction of sp³-hybridized carbons (Fsp3) is 1.00. The van der Waals surface area contributed by atoms with Crippen LogP contribution < -0.4 is 5.32 Å². The van der Waals surface area contributed by atoms with Gasteiger partial charge in [0.15, 0.2) is 9.84 Å². The molecular weight excluding hydrogens is 212 g/mol. The van der Waals surface area contributed by atoms with E-state index in [4.69, 9.17) is 0 Å². The van der Waals surface area contributed by atoms with Crippen LogP contribution in [0.1, 0.15) is 19.3 Å². The van der Waals surface area contributed by atoms with Crippen LogP contribution in [-0.2, 0) is 9.84 Å². The topological polar surface area (TPSA) is 49.4 Å². The number of nitrogens with zero attached hydrogens (tertiary/aromatic N) is 1. The second kappa shape index (κ2) is 5.82. The Labute approximate surface area is 93.0 Å². The van der Waals surface area contributed by atoms with Crippen LogP contribution in [0.4, 0.5) is 0 Å². The molecule has 1 aliphatic heterocycles. The number of hydrogen-bond acceptors (Lipinski definition) is 4. The van der Waals surface area contributed by atoms with E-state index in [9.17, 15) is 8.42 Å². The predicted octanol–water partition coefficient (Wildman–Crippen LogP) is 0.105. The molecule has 5 heteroatoms. The van der Waals surface area contributed by atoms with Gasteiger partial charge in [0.2, 0.25) is 0 Å². The van der Waals surface area contributed by atoms with Gasteiger partial charge in [0.25, 0.3) is 0 Å². The number of nitrogens with one attached hydrogen (secondary N) is 1. The Hall–Kier alpha value is -0.130. The van der Waals surface area contributed by atoms with Crippen molar-refractivity contribution in [3.63, 3.8) is 0 Å². The fourth-order valence-corrected chi connectivity index (χ4v) is 3.77. The Morgan fingerprint density at radius 3 is 2.67 bits per heavy atom. The van der Waals surface area contributed by atoms with E-state index in [0.717, 1.165) is 32.4 Å². The summed E-state index contributed by atoms with van der Waals surface area (Å²) in [6, 6.07) is 0.254. The minimum atomic E-state index is -2.73. The highest BCUT2D eigenvalue weighted by molar-refractivity contribution is 7.91. The summed E-state index contributed by atoms with van der Waals surface area (Å²) in [6.45, 7) is 2.04. The van der Waals surface area contributed by atoms with Gasteiger partial charge in [-0.3, -0.25) is 0 Å². The molecule has 4 nitrogen and oxygen atoms in total. The second-order valence-corrected chi connectivity index (χ2v) is 6.58. The zero-order valence-electron chi connectivity index (χ0n) is 9.70. The standard InChI is InChI=1S/C10H22N2O2S/c1-11-6-3-4-7-12(2)10-5-8-15(13,14)9-10/h10-11H,3-9H2,1-2H3. The number of hydrogen-bond donors (Lipinski definition) is 1. The monoisotopic (exact) mass is 234 g/mol. The zero-order chi connectivity index (χ0) is 11.3. The summed E-state index contributed by atoms with van der Waals surface area (Å²) in [5.74, 6) is 0.730. The van der Waals surface area contributed by atoms with Gasteiger partial charge in [-0.25, -0.2) is 8.42 Å². The molecule has 1 aliphatic rings. The second-order valence-electron chi connectivity index (χ2n) is 4.35. The maximum absolute atomic E-state index is 11.3. The molecule has 1 atom stereocenters. The molecule has 1 saturated heterocycles. The highest BCUT2D eigenvalue weighted by Crippen LogP contribution is 2.16. The Morgan fingerprint density at radius 2 is 2.13 bits per heavy atom. The van der Waals surface area contributed by atoms with Gasteiger partial charge in [-0.1, -0.05) is 0 Å². The first-order valence-electron chi connectivity index (χ1n) is 5.60. The van der Waals surface area contributed by atoms with E-state index < -0.39 is 9.84 Å². The summed E-state index contributed by atoms with van der Waals surface area (Å²) in [5, 5.41) is 3.11. The molecular formula is C10H22N2O2S. The van der Waals surface area contributed by atoms with Gasteiger partial charge < -0.3 is 10.2 Å². The lowest BCUT2D eigenvalue weighted by Crippen LogP contribution is -2.33. The molecule has 1 rings (SSSR count). The fourth-order valence-electron chi connectivity index (χ4n) is 1.97. The zero-order valence-corrected chi connectivity index (χ0v) is 10.5. The summed E-state index contributed by atoms with van der Waals surface area (Å²) < 4.78 is 22.6. The minimum Gasteiger partial charge on any atom is -0.320 e. The SMILES string of the molecule is CNCCCCN(C)C1CCS(=O)(=O)C1. The molecule has 1 fully saturated rings. The molecule has 0 bridgehead atoms. The molecule has 0 aromatic heterocycles. The van der Waals surface area contributed by atoms with E-state index in [-0.39, 0.29) is 6.04 Å². The van der Waals surface area contributed by atoms with Gasteiger partial charge >= 0.3 is 0 Å². The molecule has 0 radical (unpaired) electrons. The van der Waals surface area contributed by atoms with Gasteiger partial charge in [0.05, 0.1) is 11.5 Å². The van der Waals surface area contributed by atoms with E-state index in [2.05, 4.69) is 10.2 Å². The third-order valence-electron chi connectivity index (χ3n) is 3.02. The van der Waals surface area contributed by atoms with E-state index in [1.807, 2.05) is 14.1 Å². The van der Waals surface area contributed by atoms with Crippen LogP contribution in [0.5, 0.6) is 0 Å². The van der Waals surface area contributed by atoms with Crippen LogP contribution in [0.3, 0.4) is 0 Å². The highest BCUT2D eigenvalue weighted by Gasteiger charge is 2.30. The maximum Gasteiger partial charge on any atom is 0.151 e. The molecule has 15 heavy (non-hydrogen) atoms. The summed E-state index contributed by atoms with van der Waals surface area (Å²) in [6.07, 6.45) is 3.10. The smallest absolute Gasteiger partial charge is 0.151 e. The van der Waals surface area contributed by atoms with Crippen LogP contribution in [0, 0.1) is 0 Å². The van der Waals surface area contributed by atoms with Gasteiger partial charge in [-0.15, -0.1) is 0 Å². The lowest BCUT2D eigenvalue weighted by Gasteiger charge is -2.22. The minimum absolute atomic E-state index is 0.254. The number of rotatable bonds is 6. The van der Waals surface area contributed by atoms with Crippen LogP contribution in [0.2, 0.25) is 0 Å². The van der Waals surface area contributed by atoms with Crippen LogP contribution in [0.15, 0.2) is 0 Å². The van der Waals surface area contributed by atoms with E-state index >= 15 is 0 Å². The van der Waals surface area contributed by atoms with Crippen molar-refractivity contribution in [1.82, 2.24) is 10.2 Å². The van der Waals surface area contributed by atoms with Crippen molar-refractivity contribution < 1.29 is 8.42 Å². The summed E-state index contributed by atoms with van der Waals surface area (Å²) in [4.78, 5) is 2.19. The maximum atomic E-state index is 11.3. The molecule has 1 N–H and O–H groups in total. The summed E-state index contributed by atoms with van der Waals surface area (Å²) in [7, 11) is 1.25. The van der Waals surface area contributed by atoms with Crippen molar-refractivity contribution in [3.8, 4) is 0 Å². The Bertz CT molecular complexity index is 277. The first-order valence-corrected chi connectivity index (χ1v) is 7.42.